The van der Waals surface area contributed by atoms with Gasteiger partial charge in [-0.25, -0.2) is 14.0 Å². The van der Waals surface area contributed by atoms with E-state index in [-0.39, 0.29) is 11.6 Å². The van der Waals surface area contributed by atoms with E-state index in [2.05, 4.69) is 10.6 Å². The second-order valence-corrected chi connectivity index (χ2v) is 6.28. The summed E-state index contributed by atoms with van der Waals surface area (Å²) in [6.45, 7) is 1.05. The highest BCUT2D eigenvalue weighted by Crippen LogP contribution is 2.42. The molecule has 1 aliphatic heterocycles. The Hall–Kier alpha value is -2.97. The van der Waals surface area contributed by atoms with E-state index in [0.29, 0.717) is 0 Å². The standard InChI is InChI=1S/C16H17FN4O4/c1-16(9-6-7-9)13(23)21(15(25)20-16)8-12(22)19-14(24)18-11-5-3-2-4-10(11)17/h2-5,9H,6-8H2,1H3,(H,20,25)(H2,18,19,22,24)/t16-/m0/s1. The average molecular weight is 348 g/mol. The molecule has 3 N–H and O–H groups in total. The minimum absolute atomic E-state index is 0.0707. The Morgan fingerprint density at radius 3 is 2.64 bits per heavy atom. The molecule has 0 bridgehead atoms. The van der Waals surface area contributed by atoms with Gasteiger partial charge in [0.15, 0.2) is 0 Å². The lowest BCUT2D eigenvalue weighted by atomic mass is 9.96. The number of urea groups is 2. The van der Waals surface area contributed by atoms with Crippen molar-refractivity contribution in [2.45, 2.75) is 25.3 Å². The number of halogens is 1. The topological polar surface area (TPSA) is 108 Å². The van der Waals surface area contributed by atoms with Gasteiger partial charge < -0.3 is 10.6 Å². The number of nitrogens with one attached hydrogen (secondary N) is 3. The summed E-state index contributed by atoms with van der Waals surface area (Å²) in [4.78, 5) is 48.8. The molecule has 2 fully saturated rings. The number of anilines is 1. The van der Waals surface area contributed by atoms with Crippen LogP contribution in [0, 0.1) is 11.7 Å². The quantitative estimate of drug-likeness (QED) is 0.711. The van der Waals surface area contributed by atoms with E-state index in [9.17, 15) is 23.6 Å². The summed E-state index contributed by atoms with van der Waals surface area (Å²) in [5.74, 6) is -1.91. The molecule has 9 heteroatoms. The lowest BCUT2D eigenvalue weighted by Gasteiger charge is -2.20. The molecule has 0 spiro atoms. The molecular formula is C16H17FN4O4. The van der Waals surface area contributed by atoms with Crippen molar-refractivity contribution in [3.05, 3.63) is 30.1 Å². The van der Waals surface area contributed by atoms with Gasteiger partial charge in [-0.1, -0.05) is 12.1 Å². The monoisotopic (exact) mass is 348 g/mol. The Morgan fingerprint density at radius 2 is 2.00 bits per heavy atom. The van der Waals surface area contributed by atoms with Crippen LogP contribution in [0.25, 0.3) is 0 Å². The van der Waals surface area contributed by atoms with Crippen LogP contribution in [0.4, 0.5) is 19.7 Å². The van der Waals surface area contributed by atoms with Crippen LogP contribution in [0.5, 0.6) is 0 Å². The smallest absolute Gasteiger partial charge is 0.323 e. The van der Waals surface area contributed by atoms with Crippen molar-refractivity contribution in [2.75, 3.05) is 11.9 Å². The molecule has 25 heavy (non-hydrogen) atoms. The van der Waals surface area contributed by atoms with E-state index in [1.165, 1.54) is 18.2 Å². The Bertz CT molecular complexity index is 764. The van der Waals surface area contributed by atoms with E-state index in [0.717, 1.165) is 23.8 Å². The van der Waals surface area contributed by atoms with Gasteiger partial charge in [0.2, 0.25) is 5.91 Å². The normalized spacial score (nSPS) is 22.6. The molecule has 1 saturated carbocycles. The van der Waals surface area contributed by atoms with Crippen molar-refractivity contribution in [3.8, 4) is 0 Å². The summed E-state index contributed by atoms with van der Waals surface area (Å²) in [6.07, 6.45) is 1.68. The molecule has 0 unspecified atom stereocenters. The number of carbonyl (C=O) groups excluding carboxylic acids is 4. The second kappa shape index (κ2) is 6.15. The highest BCUT2D eigenvalue weighted by molar-refractivity contribution is 6.10. The number of carbonyl (C=O) groups is 4. The first kappa shape index (κ1) is 16.9. The van der Waals surface area contributed by atoms with Crippen LogP contribution in [-0.2, 0) is 9.59 Å². The zero-order chi connectivity index (χ0) is 18.2. The molecule has 0 aromatic heterocycles. The number of para-hydroxylation sites is 1. The Balaban J connectivity index is 1.57. The number of nitrogens with zero attached hydrogens (tertiary/aromatic N) is 1. The van der Waals surface area contributed by atoms with E-state index >= 15 is 0 Å². The summed E-state index contributed by atoms with van der Waals surface area (Å²) in [5.41, 5.74) is -1.09. The van der Waals surface area contributed by atoms with Crippen LogP contribution in [-0.4, -0.2) is 40.9 Å². The van der Waals surface area contributed by atoms with Crippen LogP contribution < -0.4 is 16.0 Å². The highest BCUT2D eigenvalue weighted by Gasteiger charge is 2.56. The highest BCUT2D eigenvalue weighted by atomic mass is 19.1. The Labute approximate surface area is 142 Å². The fourth-order valence-electron chi connectivity index (χ4n) is 2.82. The minimum atomic E-state index is -0.993. The summed E-state index contributed by atoms with van der Waals surface area (Å²) < 4.78 is 13.5. The SMILES string of the molecule is C[C@@]1(C2CC2)NC(=O)N(CC(=O)NC(=O)Nc2ccccc2F)C1=O. The van der Waals surface area contributed by atoms with Gasteiger partial charge in [-0.05, 0) is 37.8 Å². The van der Waals surface area contributed by atoms with Crippen LogP contribution >= 0.6 is 0 Å². The summed E-state index contributed by atoms with van der Waals surface area (Å²) >= 11 is 0. The van der Waals surface area contributed by atoms with Gasteiger partial charge >= 0.3 is 12.1 Å². The van der Waals surface area contributed by atoms with Crippen molar-refractivity contribution >= 4 is 29.6 Å². The van der Waals surface area contributed by atoms with E-state index in [4.69, 9.17) is 0 Å². The first-order chi connectivity index (χ1) is 11.8. The van der Waals surface area contributed by atoms with Crippen LogP contribution in [0.15, 0.2) is 24.3 Å². The number of rotatable bonds is 4. The van der Waals surface area contributed by atoms with Gasteiger partial charge in [0.05, 0.1) is 5.69 Å². The largest absolute Gasteiger partial charge is 0.326 e. The van der Waals surface area contributed by atoms with E-state index < -0.39 is 41.8 Å². The molecule has 6 amide bonds. The van der Waals surface area contributed by atoms with Gasteiger partial charge in [-0.15, -0.1) is 0 Å². The van der Waals surface area contributed by atoms with E-state index in [1.807, 2.05) is 5.32 Å². The van der Waals surface area contributed by atoms with Gasteiger partial charge in [-0.3, -0.25) is 19.8 Å². The zero-order valence-electron chi connectivity index (χ0n) is 13.5. The molecule has 1 saturated heterocycles. The van der Waals surface area contributed by atoms with Crippen molar-refractivity contribution in [1.82, 2.24) is 15.5 Å². The molecular weight excluding hydrogens is 331 g/mol. The van der Waals surface area contributed by atoms with Gasteiger partial charge in [0.25, 0.3) is 5.91 Å². The molecule has 0 radical (unpaired) electrons. The second-order valence-electron chi connectivity index (χ2n) is 6.28. The minimum Gasteiger partial charge on any atom is -0.323 e. The van der Waals surface area contributed by atoms with Crippen molar-refractivity contribution in [1.29, 1.82) is 0 Å². The molecule has 132 valence electrons. The predicted octanol–water partition coefficient (Wildman–Crippen LogP) is 1.19. The van der Waals surface area contributed by atoms with Crippen molar-refractivity contribution in [3.63, 3.8) is 0 Å². The van der Waals surface area contributed by atoms with Crippen LogP contribution in [0.2, 0.25) is 0 Å². The molecule has 1 heterocycles. The molecule has 1 aromatic carbocycles. The zero-order valence-corrected chi connectivity index (χ0v) is 13.5. The lowest BCUT2D eigenvalue weighted by Crippen LogP contribution is -2.47. The summed E-state index contributed by atoms with van der Waals surface area (Å²) in [6, 6.07) is 3.85. The summed E-state index contributed by atoms with van der Waals surface area (Å²) in [5, 5.41) is 6.75. The van der Waals surface area contributed by atoms with Crippen molar-refractivity contribution < 1.29 is 23.6 Å². The Morgan fingerprint density at radius 1 is 1.32 bits per heavy atom. The summed E-state index contributed by atoms with van der Waals surface area (Å²) in [7, 11) is 0. The first-order valence-corrected chi connectivity index (χ1v) is 7.80. The van der Waals surface area contributed by atoms with E-state index in [1.54, 1.807) is 6.92 Å². The maximum Gasteiger partial charge on any atom is 0.326 e. The van der Waals surface area contributed by atoms with Crippen LogP contribution in [0.1, 0.15) is 19.8 Å². The first-order valence-electron chi connectivity index (χ1n) is 7.80. The number of hydrogen-bond donors (Lipinski definition) is 3. The molecule has 3 rings (SSSR count). The van der Waals surface area contributed by atoms with Gasteiger partial charge in [-0.2, -0.15) is 0 Å². The van der Waals surface area contributed by atoms with Gasteiger partial charge in [0, 0.05) is 0 Å². The number of imide groups is 2. The maximum atomic E-state index is 13.5. The van der Waals surface area contributed by atoms with Crippen LogP contribution in [0.3, 0.4) is 0 Å². The number of hydrogen-bond acceptors (Lipinski definition) is 4. The average Bonchev–Trinajstić information content (AvgIpc) is 3.36. The van der Waals surface area contributed by atoms with Crippen molar-refractivity contribution in [2.24, 2.45) is 5.92 Å². The number of benzene rings is 1. The lowest BCUT2D eigenvalue weighted by molar-refractivity contribution is -0.134. The third kappa shape index (κ3) is 3.30. The third-order valence-electron chi connectivity index (χ3n) is 4.37. The molecule has 2 aliphatic rings. The number of amides is 6. The molecule has 1 aliphatic carbocycles. The predicted molar refractivity (Wildman–Crippen MR) is 84.9 cm³/mol. The van der Waals surface area contributed by atoms with Gasteiger partial charge in [0.1, 0.15) is 17.9 Å². The molecule has 8 nitrogen and oxygen atoms in total. The Kier molecular flexibility index (Phi) is 4.15. The third-order valence-corrected chi connectivity index (χ3v) is 4.37. The molecule has 1 aromatic rings. The molecule has 1 atom stereocenters. The fraction of sp³-hybridized carbons (Fsp3) is 0.375. The fourth-order valence-corrected chi connectivity index (χ4v) is 2.82. The maximum absolute atomic E-state index is 13.5.